The highest BCUT2D eigenvalue weighted by molar-refractivity contribution is 5.80. The summed E-state index contributed by atoms with van der Waals surface area (Å²) in [4.78, 5) is 28.7. The van der Waals surface area contributed by atoms with Gasteiger partial charge in [-0.05, 0) is 38.0 Å². The van der Waals surface area contributed by atoms with E-state index >= 15 is 0 Å². The lowest BCUT2D eigenvalue weighted by atomic mass is 9.71. The SMILES string of the molecule is O=C(N1CCCCCCC1)N1CCC(C(=O)O)(C2CCOCC2)C1. The third-order valence-corrected chi connectivity index (χ3v) is 6.13. The van der Waals surface area contributed by atoms with Crippen LogP contribution in [0.1, 0.15) is 51.4 Å². The van der Waals surface area contributed by atoms with Crippen LogP contribution in [0.5, 0.6) is 0 Å². The molecule has 2 amide bonds. The van der Waals surface area contributed by atoms with E-state index in [1.165, 1.54) is 19.3 Å². The van der Waals surface area contributed by atoms with Gasteiger partial charge in [0, 0.05) is 39.4 Å². The van der Waals surface area contributed by atoms with E-state index < -0.39 is 11.4 Å². The molecule has 3 fully saturated rings. The summed E-state index contributed by atoms with van der Waals surface area (Å²) >= 11 is 0. The van der Waals surface area contributed by atoms with Crippen LogP contribution in [-0.2, 0) is 9.53 Å². The fraction of sp³-hybridized carbons (Fsp3) is 0.889. The van der Waals surface area contributed by atoms with Crippen LogP contribution in [0.25, 0.3) is 0 Å². The Labute approximate surface area is 144 Å². The summed E-state index contributed by atoms with van der Waals surface area (Å²) in [5.41, 5.74) is -0.776. The molecular weight excluding hydrogens is 308 g/mol. The number of aliphatic carboxylic acids is 1. The number of ether oxygens (including phenoxy) is 1. The quantitative estimate of drug-likeness (QED) is 0.840. The maximum atomic E-state index is 12.9. The van der Waals surface area contributed by atoms with Crippen LogP contribution in [0.15, 0.2) is 0 Å². The van der Waals surface area contributed by atoms with Crippen LogP contribution in [0, 0.1) is 11.3 Å². The fourth-order valence-corrected chi connectivity index (χ4v) is 4.57. The summed E-state index contributed by atoms with van der Waals surface area (Å²) in [6.45, 7) is 3.83. The molecule has 1 atom stereocenters. The zero-order valence-electron chi connectivity index (χ0n) is 14.5. The van der Waals surface area contributed by atoms with Crippen molar-refractivity contribution in [2.24, 2.45) is 11.3 Å². The molecule has 136 valence electrons. The second kappa shape index (κ2) is 7.72. The Hall–Kier alpha value is -1.30. The Morgan fingerprint density at radius 3 is 2.17 bits per heavy atom. The van der Waals surface area contributed by atoms with Gasteiger partial charge in [-0.3, -0.25) is 4.79 Å². The molecule has 1 unspecified atom stereocenters. The Balaban J connectivity index is 1.67. The molecule has 3 aliphatic heterocycles. The number of carbonyl (C=O) groups is 2. The lowest BCUT2D eigenvalue weighted by molar-refractivity contribution is -0.154. The first-order valence-corrected chi connectivity index (χ1v) is 9.48. The highest BCUT2D eigenvalue weighted by atomic mass is 16.5. The lowest BCUT2D eigenvalue weighted by Crippen LogP contribution is -2.47. The molecule has 3 saturated heterocycles. The third kappa shape index (κ3) is 3.53. The first-order chi connectivity index (χ1) is 11.6. The van der Waals surface area contributed by atoms with Crippen LogP contribution in [0.2, 0.25) is 0 Å². The van der Waals surface area contributed by atoms with E-state index in [-0.39, 0.29) is 11.9 Å². The number of nitrogens with zero attached hydrogens (tertiary/aromatic N) is 2. The van der Waals surface area contributed by atoms with E-state index in [2.05, 4.69) is 0 Å². The summed E-state index contributed by atoms with van der Waals surface area (Å²) in [5, 5.41) is 9.92. The van der Waals surface area contributed by atoms with Crippen molar-refractivity contribution in [2.75, 3.05) is 39.4 Å². The molecule has 3 rings (SSSR count). The highest BCUT2D eigenvalue weighted by Crippen LogP contribution is 2.43. The maximum Gasteiger partial charge on any atom is 0.320 e. The van der Waals surface area contributed by atoms with Gasteiger partial charge in [0.25, 0.3) is 0 Å². The Kier molecular flexibility index (Phi) is 5.64. The standard InChI is InChI=1S/C18H30N2O4/c21-16(22)18(15-6-12-24-13-7-15)8-11-20(14-18)17(23)19-9-4-2-1-3-5-10-19/h15H,1-14H2,(H,21,22). The van der Waals surface area contributed by atoms with Gasteiger partial charge in [0.2, 0.25) is 0 Å². The van der Waals surface area contributed by atoms with E-state index in [0.29, 0.717) is 32.7 Å². The average molecular weight is 338 g/mol. The van der Waals surface area contributed by atoms with Crippen LogP contribution in [-0.4, -0.2) is 66.3 Å². The first-order valence-electron chi connectivity index (χ1n) is 9.48. The number of carboxylic acids is 1. The molecule has 0 aromatic heterocycles. The monoisotopic (exact) mass is 338 g/mol. The molecule has 6 heteroatoms. The topological polar surface area (TPSA) is 70.1 Å². The van der Waals surface area contributed by atoms with Gasteiger partial charge in [-0.25, -0.2) is 4.79 Å². The molecule has 1 N–H and O–H groups in total. The van der Waals surface area contributed by atoms with Crippen molar-refractivity contribution in [3.63, 3.8) is 0 Å². The molecule has 0 aliphatic carbocycles. The summed E-state index contributed by atoms with van der Waals surface area (Å²) in [6.07, 6.45) is 7.91. The zero-order valence-corrected chi connectivity index (χ0v) is 14.5. The summed E-state index contributed by atoms with van der Waals surface area (Å²) in [6, 6.07) is 0.0482. The molecule has 0 radical (unpaired) electrons. The highest BCUT2D eigenvalue weighted by Gasteiger charge is 2.52. The van der Waals surface area contributed by atoms with Crippen molar-refractivity contribution in [2.45, 2.75) is 51.4 Å². The molecule has 0 aromatic carbocycles. The van der Waals surface area contributed by atoms with Crippen molar-refractivity contribution in [3.05, 3.63) is 0 Å². The van der Waals surface area contributed by atoms with Crippen LogP contribution in [0.4, 0.5) is 4.79 Å². The number of likely N-dealkylation sites (tertiary alicyclic amines) is 2. The van der Waals surface area contributed by atoms with E-state index in [4.69, 9.17) is 4.74 Å². The number of carboxylic acid groups (broad SMARTS) is 1. The van der Waals surface area contributed by atoms with E-state index in [9.17, 15) is 14.7 Å². The van der Waals surface area contributed by atoms with Crippen molar-refractivity contribution >= 4 is 12.0 Å². The molecule has 3 heterocycles. The number of amides is 2. The van der Waals surface area contributed by atoms with E-state index in [1.807, 2.05) is 4.90 Å². The normalized spacial score (nSPS) is 30.0. The van der Waals surface area contributed by atoms with Gasteiger partial charge >= 0.3 is 12.0 Å². The van der Waals surface area contributed by atoms with Crippen molar-refractivity contribution in [1.29, 1.82) is 0 Å². The summed E-state index contributed by atoms with van der Waals surface area (Å²) < 4.78 is 5.40. The third-order valence-electron chi connectivity index (χ3n) is 6.13. The molecule has 0 bridgehead atoms. The Morgan fingerprint density at radius 2 is 1.54 bits per heavy atom. The Morgan fingerprint density at radius 1 is 0.917 bits per heavy atom. The summed E-state index contributed by atoms with van der Waals surface area (Å²) in [7, 11) is 0. The van der Waals surface area contributed by atoms with Gasteiger partial charge in [0.15, 0.2) is 0 Å². The average Bonchev–Trinajstić information content (AvgIpc) is 3.01. The molecule has 0 saturated carbocycles. The second-order valence-corrected chi connectivity index (χ2v) is 7.56. The van der Waals surface area contributed by atoms with Gasteiger partial charge in [0.05, 0.1) is 5.41 Å². The number of carbonyl (C=O) groups excluding carboxylic acids is 1. The van der Waals surface area contributed by atoms with Gasteiger partial charge in [-0.2, -0.15) is 0 Å². The van der Waals surface area contributed by atoms with Gasteiger partial charge in [0.1, 0.15) is 0 Å². The number of rotatable bonds is 2. The van der Waals surface area contributed by atoms with Gasteiger partial charge in [-0.15, -0.1) is 0 Å². The van der Waals surface area contributed by atoms with E-state index in [1.54, 1.807) is 4.90 Å². The first kappa shape index (κ1) is 17.5. The largest absolute Gasteiger partial charge is 0.481 e. The minimum atomic E-state index is -0.776. The molecule has 0 spiro atoms. The molecule has 24 heavy (non-hydrogen) atoms. The molecule has 6 nitrogen and oxygen atoms in total. The summed E-state index contributed by atoms with van der Waals surface area (Å²) in [5.74, 6) is -0.619. The lowest BCUT2D eigenvalue weighted by Gasteiger charge is -2.36. The smallest absolute Gasteiger partial charge is 0.320 e. The minimum absolute atomic E-state index is 0.0482. The maximum absolute atomic E-state index is 12.9. The van der Waals surface area contributed by atoms with Gasteiger partial charge in [-0.1, -0.05) is 19.3 Å². The van der Waals surface area contributed by atoms with Crippen LogP contribution >= 0.6 is 0 Å². The molecule has 3 aliphatic rings. The van der Waals surface area contributed by atoms with Crippen LogP contribution in [0.3, 0.4) is 0 Å². The predicted octanol–water partition coefficient (Wildman–Crippen LogP) is 2.58. The Bertz CT molecular complexity index is 456. The predicted molar refractivity (Wildman–Crippen MR) is 89.9 cm³/mol. The number of hydrogen-bond donors (Lipinski definition) is 1. The van der Waals surface area contributed by atoms with Crippen molar-refractivity contribution in [3.8, 4) is 0 Å². The molecule has 0 aromatic rings. The fourth-order valence-electron chi connectivity index (χ4n) is 4.57. The van der Waals surface area contributed by atoms with E-state index in [0.717, 1.165) is 38.8 Å². The van der Waals surface area contributed by atoms with Crippen LogP contribution < -0.4 is 0 Å². The van der Waals surface area contributed by atoms with Crippen molar-refractivity contribution in [1.82, 2.24) is 9.80 Å². The second-order valence-electron chi connectivity index (χ2n) is 7.56. The molecular formula is C18H30N2O4. The van der Waals surface area contributed by atoms with Crippen molar-refractivity contribution < 1.29 is 19.4 Å². The number of hydrogen-bond acceptors (Lipinski definition) is 3. The zero-order chi connectivity index (χ0) is 17.0. The minimum Gasteiger partial charge on any atom is -0.481 e. The number of urea groups is 1. The van der Waals surface area contributed by atoms with Gasteiger partial charge < -0.3 is 19.6 Å².